The van der Waals surface area contributed by atoms with Gasteiger partial charge < -0.3 is 20.1 Å². The van der Waals surface area contributed by atoms with Crippen LogP contribution in [0.3, 0.4) is 0 Å². The summed E-state index contributed by atoms with van der Waals surface area (Å²) in [7, 11) is -5.84. The van der Waals surface area contributed by atoms with E-state index in [1.165, 1.54) is 61.7 Å². The highest BCUT2D eigenvalue weighted by atomic mass is 35.5. The normalized spacial score (nSPS) is 13.6. The Balaban J connectivity index is 1.88. The smallest absolute Gasteiger partial charge is 0.326 e. The molecule has 0 saturated carbocycles. The Morgan fingerprint density at radius 2 is 1.76 bits per heavy atom. The number of carboxylic acids is 1. The van der Waals surface area contributed by atoms with Crippen molar-refractivity contribution in [1.29, 1.82) is 0 Å². The Morgan fingerprint density at radius 3 is 2.32 bits per heavy atom. The van der Waals surface area contributed by atoms with Crippen LogP contribution < -0.4 is 10.6 Å². The molecule has 3 N–H and O–H groups in total. The zero-order valence-electron chi connectivity index (χ0n) is 19.6. The Kier molecular flexibility index (Phi) is 8.96. The van der Waals surface area contributed by atoms with Gasteiger partial charge in [-0.05, 0) is 53.7 Å². The van der Waals surface area contributed by atoms with E-state index in [1.54, 1.807) is 6.07 Å². The van der Waals surface area contributed by atoms with Crippen molar-refractivity contribution in [2.45, 2.75) is 17.4 Å². The molecule has 194 valence electrons. The first kappa shape index (κ1) is 28.6. The van der Waals surface area contributed by atoms with Crippen LogP contribution in [0.25, 0.3) is 0 Å². The summed E-state index contributed by atoms with van der Waals surface area (Å²) in [5, 5.41) is 22.6. The van der Waals surface area contributed by atoms with Crippen LogP contribution in [0.5, 0.6) is 5.75 Å². The molecule has 0 aliphatic rings. The molecular weight excluding hydrogens is 560 g/mol. The monoisotopic (exact) mass is 581 g/mol. The first-order valence-corrected chi connectivity index (χ1v) is 14.9. The summed E-state index contributed by atoms with van der Waals surface area (Å²) >= 11 is 12.7. The van der Waals surface area contributed by atoms with E-state index in [2.05, 4.69) is 16.9 Å². The van der Waals surface area contributed by atoms with Crippen LogP contribution in [0.4, 0.5) is 5.69 Å². The van der Waals surface area contributed by atoms with Crippen molar-refractivity contribution in [3.05, 3.63) is 81.8 Å². The molecule has 3 rings (SSSR count). The van der Waals surface area contributed by atoms with Crippen LogP contribution in [0.1, 0.15) is 11.1 Å². The average Bonchev–Trinajstić information content (AvgIpc) is 2.83. The minimum Gasteiger partial charge on any atom is -0.508 e. The highest BCUT2D eigenvalue weighted by Crippen LogP contribution is 2.44. The van der Waals surface area contributed by atoms with Crippen LogP contribution in [0, 0.1) is 11.6 Å². The van der Waals surface area contributed by atoms with Crippen LogP contribution in [0.2, 0.25) is 10.0 Å². The van der Waals surface area contributed by atoms with Crippen molar-refractivity contribution in [2.24, 2.45) is 0 Å². The number of carboxylic acid groups (broad SMARTS) is 1. The molecule has 0 heterocycles. The third kappa shape index (κ3) is 7.29. The SMILES string of the molecule is COP(=O)(C#Cc1cc(Cl)c(N[C@@H](Cc2cccc(S(C)(=O)=O)c2)C(=O)O)c(Cl)c1)c1cccc(O)c1. The number of aromatic hydroxyl groups is 1. The van der Waals surface area contributed by atoms with Crippen LogP contribution in [-0.4, -0.2) is 44.0 Å². The van der Waals surface area contributed by atoms with Crippen molar-refractivity contribution < 1.29 is 32.5 Å². The standard InChI is InChI=1S/C25H22Cl2NO7PS/c1-35-36(32,19-7-4-6-18(29)15-19)10-9-17-12-21(26)24(22(27)13-17)28-23(25(30)31)14-16-5-3-8-20(11-16)37(2,33)34/h3-8,11-13,15,23,28-29H,14H2,1-2H3,(H,30,31)/t23-,36?/m0/s1. The van der Waals surface area contributed by atoms with Gasteiger partial charge >= 0.3 is 13.3 Å². The number of hydrogen-bond acceptors (Lipinski definition) is 7. The molecule has 0 aromatic heterocycles. The maximum atomic E-state index is 13.1. The summed E-state index contributed by atoms with van der Waals surface area (Å²) in [6.07, 6.45) is 1.02. The van der Waals surface area contributed by atoms with Gasteiger partial charge in [-0.25, -0.2) is 13.2 Å². The van der Waals surface area contributed by atoms with E-state index in [-0.39, 0.29) is 38.1 Å². The number of sulfone groups is 1. The highest BCUT2D eigenvalue weighted by molar-refractivity contribution is 7.90. The second kappa shape index (κ2) is 11.6. The third-order valence-corrected chi connectivity index (χ3v) is 8.78. The van der Waals surface area contributed by atoms with Crippen molar-refractivity contribution in [2.75, 3.05) is 18.7 Å². The summed E-state index contributed by atoms with van der Waals surface area (Å²) < 4.78 is 41.9. The Morgan fingerprint density at radius 1 is 1.11 bits per heavy atom. The second-order valence-corrected chi connectivity index (χ2v) is 13.0. The van der Waals surface area contributed by atoms with E-state index < -0.39 is 29.2 Å². The summed E-state index contributed by atoms with van der Waals surface area (Å²) in [5.41, 5.74) is 3.50. The molecule has 3 aromatic rings. The zero-order valence-corrected chi connectivity index (χ0v) is 22.8. The van der Waals surface area contributed by atoms with E-state index in [0.29, 0.717) is 11.1 Å². The van der Waals surface area contributed by atoms with E-state index in [0.717, 1.165) is 6.26 Å². The van der Waals surface area contributed by atoms with Gasteiger partial charge in [-0.1, -0.05) is 47.3 Å². The number of aliphatic carboxylic acids is 1. The van der Waals surface area contributed by atoms with Gasteiger partial charge in [0.25, 0.3) is 0 Å². The number of phenols is 1. The number of rotatable bonds is 8. The van der Waals surface area contributed by atoms with E-state index in [9.17, 15) is 28.0 Å². The molecule has 0 aliphatic carbocycles. The Bertz CT molecular complexity index is 1540. The first-order chi connectivity index (χ1) is 17.3. The molecule has 37 heavy (non-hydrogen) atoms. The zero-order chi connectivity index (χ0) is 27.4. The minimum absolute atomic E-state index is 0.0478. The van der Waals surface area contributed by atoms with Crippen molar-refractivity contribution >= 4 is 57.4 Å². The predicted molar refractivity (Wildman–Crippen MR) is 144 cm³/mol. The third-order valence-electron chi connectivity index (χ3n) is 5.20. The second-order valence-electron chi connectivity index (χ2n) is 7.96. The van der Waals surface area contributed by atoms with Crippen LogP contribution in [-0.2, 0) is 30.1 Å². The van der Waals surface area contributed by atoms with E-state index in [4.69, 9.17) is 27.7 Å². The summed E-state index contributed by atoms with van der Waals surface area (Å²) in [6.45, 7) is 0. The van der Waals surface area contributed by atoms with Gasteiger partial charge in [0, 0.05) is 25.3 Å². The topological polar surface area (TPSA) is 130 Å². The van der Waals surface area contributed by atoms with Crippen LogP contribution in [0.15, 0.2) is 65.6 Å². The fraction of sp³-hybridized carbons (Fsp3) is 0.160. The maximum Gasteiger partial charge on any atom is 0.326 e. The van der Waals surface area contributed by atoms with Gasteiger partial charge in [0.1, 0.15) is 11.8 Å². The van der Waals surface area contributed by atoms with Gasteiger partial charge in [0.2, 0.25) is 0 Å². The largest absolute Gasteiger partial charge is 0.508 e. The van der Waals surface area contributed by atoms with Crippen molar-refractivity contribution in [1.82, 2.24) is 0 Å². The number of anilines is 1. The lowest BCUT2D eigenvalue weighted by Gasteiger charge is -2.18. The Hall–Kier alpha value is -2.99. The summed E-state index contributed by atoms with van der Waals surface area (Å²) in [4.78, 5) is 12.0. The number of benzene rings is 3. The van der Waals surface area contributed by atoms with Gasteiger partial charge in [0.05, 0.1) is 25.9 Å². The Labute approximate surface area is 224 Å². The van der Waals surface area contributed by atoms with Crippen LogP contribution >= 0.6 is 30.6 Å². The summed E-state index contributed by atoms with van der Waals surface area (Å²) in [5.74, 6) is 1.42. The van der Waals surface area contributed by atoms with Gasteiger partial charge in [-0.3, -0.25) is 4.57 Å². The average molecular weight is 582 g/mol. The minimum atomic E-state index is -3.62. The van der Waals surface area contributed by atoms with E-state index in [1.807, 2.05) is 0 Å². The molecule has 8 nitrogen and oxygen atoms in total. The number of halogens is 2. The molecule has 3 aromatic carbocycles. The fourth-order valence-electron chi connectivity index (χ4n) is 3.33. The predicted octanol–water partition coefficient (Wildman–Crippen LogP) is 4.77. The first-order valence-electron chi connectivity index (χ1n) is 10.6. The molecule has 1 unspecified atom stereocenters. The van der Waals surface area contributed by atoms with E-state index >= 15 is 0 Å². The lowest BCUT2D eigenvalue weighted by atomic mass is 10.1. The molecule has 0 fully saturated rings. The van der Waals surface area contributed by atoms with Crippen molar-refractivity contribution in [3.63, 3.8) is 0 Å². The number of carbonyl (C=O) groups is 1. The van der Waals surface area contributed by atoms with Gasteiger partial charge in [0.15, 0.2) is 9.84 Å². The van der Waals surface area contributed by atoms with Gasteiger partial charge in [-0.15, -0.1) is 0 Å². The fourth-order valence-corrected chi connectivity index (χ4v) is 5.91. The number of hydrogen-bond donors (Lipinski definition) is 3. The molecule has 0 bridgehead atoms. The molecule has 0 amide bonds. The molecular formula is C25H22Cl2NO7PS. The lowest BCUT2D eigenvalue weighted by molar-refractivity contribution is -0.137. The van der Waals surface area contributed by atoms with Gasteiger partial charge in [-0.2, -0.15) is 0 Å². The molecule has 2 atom stereocenters. The number of phenolic OH excluding ortho intramolecular Hbond substituents is 1. The maximum absolute atomic E-state index is 13.1. The summed E-state index contributed by atoms with van der Waals surface area (Å²) in [6, 6.07) is 13.4. The molecule has 0 saturated heterocycles. The number of nitrogens with one attached hydrogen (secondary N) is 1. The molecule has 12 heteroatoms. The highest BCUT2D eigenvalue weighted by Gasteiger charge is 2.23. The molecule has 0 radical (unpaired) electrons. The lowest BCUT2D eigenvalue weighted by Crippen LogP contribution is -2.31. The van der Waals surface area contributed by atoms with Crippen molar-refractivity contribution in [3.8, 4) is 17.3 Å². The molecule has 0 aliphatic heterocycles. The molecule has 0 spiro atoms. The quantitative estimate of drug-likeness (QED) is 0.256.